The van der Waals surface area contributed by atoms with E-state index in [0.29, 0.717) is 16.5 Å². The molecule has 0 radical (unpaired) electrons. The normalized spacial score (nSPS) is 11.1. The highest BCUT2D eigenvalue weighted by Gasteiger charge is 2.19. The number of aryl methyl sites for hydroxylation is 2. The average molecular weight is 406 g/mol. The number of nitrogens with zero attached hydrogens (tertiary/aromatic N) is 3. The molecule has 4 rings (SSSR count). The van der Waals surface area contributed by atoms with Crippen LogP contribution in [0.15, 0.2) is 53.5 Å². The molecule has 0 aliphatic carbocycles. The second-order valence-electron chi connectivity index (χ2n) is 6.96. The number of pyridine rings is 1. The Hall–Kier alpha value is -3.94. The van der Waals surface area contributed by atoms with E-state index in [9.17, 15) is 18.4 Å². The van der Waals surface area contributed by atoms with Gasteiger partial charge in [-0.25, -0.2) is 8.78 Å². The molecular formula is C22H16F2N4O2. The fourth-order valence-corrected chi connectivity index (χ4v) is 3.50. The number of carbonyl (C=O) groups excluding carboxylic acids is 1. The zero-order valence-electron chi connectivity index (χ0n) is 16.1. The molecule has 1 amide bonds. The van der Waals surface area contributed by atoms with Gasteiger partial charge in [-0.2, -0.15) is 5.10 Å². The van der Waals surface area contributed by atoms with Crippen LogP contribution < -0.4 is 11.3 Å². The van der Waals surface area contributed by atoms with Gasteiger partial charge < -0.3 is 10.3 Å². The summed E-state index contributed by atoms with van der Waals surface area (Å²) in [7, 11) is 1.51. The van der Waals surface area contributed by atoms with Crippen molar-refractivity contribution in [2.75, 3.05) is 0 Å². The van der Waals surface area contributed by atoms with Crippen LogP contribution in [0.5, 0.6) is 0 Å². The molecule has 0 saturated heterocycles. The van der Waals surface area contributed by atoms with Gasteiger partial charge in [-0.15, -0.1) is 5.10 Å². The van der Waals surface area contributed by atoms with Gasteiger partial charge in [-0.1, -0.05) is 17.7 Å². The highest BCUT2D eigenvalue weighted by atomic mass is 19.1. The van der Waals surface area contributed by atoms with Crippen molar-refractivity contribution in [3.8, 4) is 22.4 Å². The lowest BCUT2D eigenvalue weighted by Crippen LogP contribution is -2.22. The van der Waals surface area contributed by atoms with Crippen LogP contribution in [0.25, 0.3) is 33.3 Å². The molecule has 0 atom stereocenters. The van der Waals surface area contributed by atoms with Gasteiger partial charge in [0.1, 0.15) is 17.3 Å². The number of carbonyl (C=O) groups is 1. The van der Waals surface area contributed by atoms with Gasteiger partial charge in [-0.3, -0.25) is 9.59 Å². The van der Waals surface area contributed by atoms with Crippen LogP contribution >= 0.6 is 0 Å². The van der Waals surface area contributed by atoms with Crippen molar-refractivity contribution in [2.45, 2.75) is 6.92 Å². The minimum Gasteiger partial charge on any atom is -0.366 e. The van der Waals surface area contributed by atoms with Crippen molar-refractivity contribution in [1.29, 1.82) is 0 Å². The van der Waals surface area contributed by atoms with E-state index in [1.54, 1.807) is 24.3 Å². The highest BCUT2D eigenvalue weighted by molar-refractivity contribution is 6.01. The first-order valence-corrected chi connectivity index (χ1v) is 8.99. The molecule has 2 aromatic heterocycles. The molecule has 150 valence electrons. The van der Waals surface area contributed by atoms with Gasteiger partial charge in [0.2, 0.25) is 5.91 Å². The Balaban J connectivity index is 2.05. The second kappa shape index (κ2) is 7.14. The van der Waals surface area contributed by atoms with Crippen LogP contribution in [-0.2, 0) is 7.05 Å². The van der Waals surface area contributed by atoms with E-state index >= 15 is 0 Å². The number of aromatic nitrogens is 3. The monoisotopic (exact) mass is 406 g/mol. The predicted octanol–water partition coefficient (Wildman–Crippen LogP) is 3.35. The summed E-state index contributed by atoms with van der Waals surface area (Å²) in [5, 5.41) is 8.40. The largest absolute Gasteiger partial charge is 0.366 e. The van der Waals surface area contributed by atoms with Crippen LogP contribution in [0, 0.1) is 18.6 Å². The molecule has 0 saturated carbocycles. The molecule has 2 aromatic carbocycles. The number of halogens is 2. The van der Waals surface area contributed by atoms with Crippen molar-refractivity contribution in [3.05, 3.63) is 81.8 Å². The molecular weight excluding hydrogens is 390 g/mol. The summed E-state index contributed by atoms with van der Waals surface area (Å²) < 4.78 is 29.0. The Bertz CT molecular complexity index is 1400. The van der Waals surface area contributed by atoms with Crippen LogP contribution in [-0.4, -0.2) is 20.7 Å². The molecule has 0 aliphatic rings. The Labute approximate surface area is 169 Å². The summed E-state index contributed by atoms with van der Waals surface area (Å²) in [6, 6.07) is 9.68. The smallest absolute Gasteiger partial charge is 0.258 e. The molecule has 2 N–H and O–H groups in total. The Kier molecular flexibility index (Phi) is 4.62. The van der Waals surface area contributed by atoms with E-state index < -0.39 is 23.1 Å². The first kappa shape index (κ1) is 19.4. The summed E-state index contributed by atoms with van der Waals surface area (Å²) in [6.07, 6.45) is 1.43. The zero-order chi connectivity index (χ0) is 21.6. The van der Waals surface area contributed by atoms with Crippen molar-refractivity contribution in [1.82, 2.24) is 14.8 Å². The van der Waals surface area contributed by atoms with E-state index in [-0.39, 0.29) is 22.4 Å². The number of benzene rings is 2. The second-order valence-corrected chi connectivity index (χ2v) is 6.96. The standard InChI is InChI=1S/C22H16F2N4O2/c1-11-3-5-14(21(25)29)16(7-11)17-8-12-10-26-27-19(20(12)28(2)22(17)30)15-6-4-13(23)9-18(15)24/h3-10H,1-2H3,(H2,25,29). The zero-order valence-corrected chi connectivity index (χ0v) is 16.1. The number of fused-ring (bicyclic) bond motifs is 1. The van der Waals surface area contributed by atoms with Gasteiger partial charge >= 0.3 is 0 Å². The Morgan fingerprint density at radius 3 is 2.50 bits per heavy atom. The van der Waals surface area contributed by atoms with Crippen molar-refractivity contribution >= 4 is 16.8 Å². The van der Waals surface area contributed by atoms with Gasteiger partial charge in [0.05, 0.1) is 11.7 Å². The minimum absolute atomic E-state index is 0.0191. The maximum atomic E-state index is 14.4. The molecule has 0 bridgehead atoms. The SMILES string of the molecule is Cc1ccc(C(N)=O)c(-c2cc3cnnc(-c4ccc(F)cc4F)c3n(C)c2=O)c1. The van der Waals surface area contributed by atoms with Crippen molar-refractivity contribution in [3.63, 3.8) is 0 Å². The molecule has 8 heteroatoms. The van der Waals surface area contributed by atoms with E-state index in [0.717, 1.165) is 17.7 Å². The third-order valence-corrected chi connectivity index (χ3v) is 4.94. The summed E-state index contributed by atoms with van der Waals surface area (Å²) in [6.45, 7) is 1.83. The molecule has 2 heterocycles. The lowest BCUT2D eigenvalue weighted by molar-refractivity contribution is 0.100. The molecule has 0 aliphatic heterocycles. The number of hydrogen-bond donors (Lipinski definition) is 1. The topological polar surface area (TPSA) is 90.9 Å². The van der Waals surface area contributed by atoms with Gasteiger partial charge in [0.25, 0.3) is 5.56 Å². The predicted molar refractivity (Wildman–Crippen MR) is 109 cm³/mol. The molecule has 0 spiro atoms. The van der Waals surface area contributed by atoms with Crippen molar-refractivity contribution in [2.24, 2.45) is 12.8 Å². The number of hydrogen-bond acceptors (Lipinski definition) is 4. The Morgan fingerprint density at radius 1 is 1.03 bits per heavy atom. The summed E-state index contributed by atoms with van der Waals surface area (Å²) >= 11 is 0. The maximum Gasteiger partial charge on any atom is 0.258 e. The van der Waals surface area contributed by atoms with Gasteiger partial charge in [-0.05, 0) is 31.2 Å². The summed E-state index contributed by atoms with van der Waals surface area (Å²) in [5.74, 6) is -2.20. The van der Waals surface area contributed by atoms with Crippen molar-refractivity contribution < 1.29 is 13.6 Å². The highest BCUT2D eigenvalue weighted by Crippen LogP contribution is 2.30. The first-order valence-electron chi connectivity index (χ1n) is 8.99. The average Bonchev–Trinajstić information content (AvgIpc) is 2.70. The van der Waals surface area contributed by atoms with E-state index in [2.05, 4.69) is 10.2 Å². The molecule has 6 nitrogen and oxygen atoms in total. The molecule has 4 aromatic rings. The Morgan fingerprint density at radius 2 is 1.80 bits per heavy atom. The van der Waals surface area contributed by atoms with E-state index in [1.165, 1.54) is 23.9 Å². The maximum absolute atomic E-state index is 14.4. The van der Waals surface area contributed by atoms with E-state index in [4.69, 9.17) is 5.73 Å². The molecule has 0 unspecified atom stereocenters. The fraction of sp³-hybridized carbons (Fsp3) is 0.0909. The fourth-order valence-electron chi connectivity index (χ4n) is 3.50. The molecule has 0 fully saturated rings. The number of amides is 1. The number of nitrogens with two attached hydrogens (primary N) is 1. The number of primary amides is 1. The quantitative estimate of drug-likeness (QED) is 0.565. The van der Waals surface area contributed by atoms with Crippen LogP contribution in [0.4, 0.5) is 8.78 Å². The number of rotatable bonds is 3. The minimum atomic E-state index is -0.817. The lowest BCUT2D eigenvalue weighted by atomic mass is 9.96. The van der Waals surface area contributed by atoms with Gasteiger partial charge in [0, 0.05) is 40.8 Å². The summed E-state index contributed by atoms with van der Waals surface area (Å²) in [5.41, 5.74) is 7.23. The van der Waals surface area contributed by atoms with Gasteiger partial charge in [0.15, 0.2) is 0 Å². The third kappa shape index (κ3) is 3.12. The summed E-state index contributed by atoms with van der Waals surface area (Å²) in [4.78, 5) is 25.1. The van der Waals surface area contributed by atoms with Crippen LogP contribution in [0.2, 0.25) is 0 Å². The van der Waals surface area contributed by atoms with Crippen LogP contribution in [0.3, 0.4) is 0 Å². The third-order valence-electron chi connectivity index (χ3n) is 4.94. The van der Waals surface area contributed by atoms with Crippen LogP contribution in [0.1, 0.15) is 15.9 Å². The van der Waals surface area contributed by atoms with E-state index in [1.807, 2.05) is 6.92 Å². The first-order chi connectivity index (χ1) is 14.3. The lowest BCUT2D eigenvalue weighted by Gasteiger charge is -2.14. The molecule has 30 heavy (non-hydrogen) atoms.